The molecule has 0 spiro atoms. The van der Waals surface area contributed by atoms with Crippen molar-refractivity contribution in [1.29, 1.82) is 0 Å². The molecule has 1 amide bonds. The van der Waals surface area contributed by atoms with Gasteiger partial charge in [-0.1, -0.05) is 28.1 Å². The van der Waals surface area contributed by atoms with Gasteiger partial charge >= 0.3 is 0 Å². The minimum absolute atomic E-state index is 0.152. The van der Waals surface area contributed by atoms with Crippen molar-refractivity contribution >= 4 is 27.5 Å². The maximum Gasteiger partial charge on any atom is 0.271 e. The van der Waals surface area contributed by atoms with Crippen molar-refractivity contribution in [1.82, 2.24) is 5.43 Å². The van der Waals surface area contributed by atoms with E-state index in [1.165, 1.54) is 0 Å². The van der Waals surface area contributed by atoms with E-state index in [1.807, 2.05) is 12.1 Å². The van der Waals surface area contributed by atoms with Crippen molar-refractivity contribution in [3.63, 3.8) is 0 Å². The van der Waals surface area contributed by atoms with Crippen LogP contribution >= 0.6 is 15.9 Å². The fourth-order valence-corrected chi connectivity index (χ4v) is 2.71. The number of nitrogens with zero attached hydrogens (tertiary/aromatic N) is 1. The van der Waals surface area contributed by atoms with Crippen LogP contribution in [0.25, 0.3) is 0 Å². The topological polar surface area (TPSA) is 41.5 Å². The molecule has 1 N–H and O–H groups in total. The highest BCUT2D eigenvalue weighted by Gasteiger charge is 2.37. The second kappa shape index (κ2) is 4.69. The number of allylic oxidation sites excluding steroid dienone is 2. The molecular weight excluding hydrogens is 292 g/mol. The first-order valence-corrected chi connectivity index (χ1v) is 6.82. The summed E-state index contributed by atoms with van der Waals surface area (Å²) >= 11 is 3.34. The first kappa shape index (κ1) is 11.7. The molecule has 92 valence electrons. The maximum atomic E-state index is 11.8. The van der Waals surface area contributed by atoms with Crippen LogP contribution in [0.1, 0.15) is 23.2 Å². The zero-order chi connectivity index (χ0) is 12.5. The minimum atomic E-state index is -0.152. The summed E-state index contributed by atoms with van der Waals surface area (Å²) in [6.45, 7) is 0. The van der Waals surface area contributed by atoms with E-state index in [0.29, 0.717) is 11.5 Å². The molecule has 2 aliphatic carbocycles. The number of amides is 1. The van der Waals surface area contributed by atoms with Crippen molar-refractivity contribution in [2.45, 2.75) is 12.8 Å². The second-order valence-corrected chi connectivity index (χ2v) is 5.62. The van der Waals surface area contributed by atoms with E-state index < -0.39 is 0 Å². The maximum absolute atomic E-state index is 11.8. The smallest absolute Gasteiger partial charge is 0.267 e. The van der Waals surface area contributed by atoms with Gasteiger partial charge in [0.15, 0.2) is 0 Å². The van der Waals surface area contributed by atoms with Crippen LogP contribution < -0.4 is 5.43 Å². The Morgan fingerprint density at radius 2 is 2.11 bits per heavy atom. The molecule has 0 bridgehead atoms. The number of hydrogen-bond acceptors (Lipinski definition) is 2. The highest BCUT2D eigenvalue weighted by molar-refractivity contribution is 9.10. The van der Waals surface area contributed by atoms with E-state index in [0.717, 1.165) is 28.9 Å². The Hall–Kier alpha value is -1.42. The molecule has 1 aromatic rings. The standard InChI is InChI=1S/C14H13BrN2O/c15-11-6-4-9(5-7-11)14(18)17-16-13-8-10-2-1-3-12(10)13/h1,3-7,10,12H,2,8H2,(H,17,18)/b16-13+. The van der Waals surface area contributed by atoms with E-state index >= 15 is 0 Å². The van der Waals surface area contributed by atoms with Crippen LogP contribution in [0.15, 0.2) is 46.0 Å². The Labute approximate surface area is 114 Å². The molecule has 2 aliphatic rings. The number of carbonyl (C=O) groups is 1. The highest BCUT2D eigenvalue weighted by Crippen LogP contribution is 2.40. The summed E-state index contributed by atoms with van der Waals surface area (Å²) in [4.78, 5) is 11.8. The molecular formula is C14H13BrN2O. The molecule has 0 radical (unpaired) electrons. The average molecular weight is 305 g/mol. The lowest BCUT2D eigenvalue weighted by Gasteiger charge is -2.31. The number of rotatable bonds is 2. The van der Waals surface area contributed by atoms with Crippen molar-refractivity contribution in [2.75, 3.05) is 0 Å². The summed E-state index contributed by atoms with van der Waals surface area (Å²) in [6.07, 6.45) is 6.57. The molecule has 3 rings (SSSR count). The lowest BCUT2D eigenvalue weighted by molar-refractivity contribution is 0.0954. The van der Waals surface area contributed by atoms with Gasteiger partial charge in [0, 0.05) is 21.7 Å². The highest BCUT2D eigenvalue weighted by atomic mass is 79.9. The zero-order valence-electron chi connectivity index (χ0n) is 9.77. The summed E-state index contributed by atoms with van der Waals surface area (Å²) in [5.41, 5.74) is 4.35. The summed E-state index contributed by atoms with van der Waals surface area (Å²) in [5, 5.41) is 4.23. The number of halogens is 1. The van der Waals surface area contributed by atoms with E-state index in [2.05, 4.69) is 38.6 Å². The molecule has 18 heavy (non-hydrogen) atoms. The Bertz CT molecular complexity index is 533. The molecule has 4 heteroatoms. The largest absolute Gasteiger partial charge is 0.271 e. The Morgan fingerprint density at radius 3 is 2.83 bits per heavy atom. The average Bonchev–Trinajstić information content (AvgIpc) is 2.72. The van der Waals surface area contributed by atoms with Gasteiger partial charge in [-0.2, -0.15) is 5.10 Å². The molecule has 0 heterocycles. The van der Waals surface area contributed by atoms with Gasteiger partial charge in [-0.15, -0.1) is 0 Å². The van der Waals surface area contributed by atoms with E-state index in [9.17, 15) is 4.79 Å². The summed E-state index contributed by atoms with van der Waals surface area (Å²) in [5.74, 6) is 1.05. The van der Waals surface area contributed by atoms with Gasteiger partial charge in [0.2, 0.25) is 0 Å². The SMILES string of the molecule is O=C(N/N=C1\CC2CC=CC12)c1ccc(Br)cc1. The van der Waals surface area contributed by atoms with Gasteiger partial charge in [-0.25, -0.2) is 5.43 Å². The van der Waals surface area contributed by atoms with E-state index in [1.54, 1.807) is 12.1 Å². The molecule has 3 nitrogen and oxygen atoms in total. The van der Waals surface area contributed by atoms with Crippen molar-refractivity contribution in [3.8, 4) is 0 Å². The Balaban J connectivity index is 1.63. The number of benzene rings is 1. The Kier molecular flexibility index (Phi) is 3.04. The van der Waals surface area contributed by atoms with Crippen LogP contribution in [-0.4, -0.2) is 11.6 Å². The monoisotopic (exact) mass is 304 g/mol. The van der Waals surface area contributed by atoms with Crippen LogP contribution in [-0.2, 0) is 0 Å². The van der Waals surface area contributed by atoms with Crippen LogP contribution in [0.2, 0.25) is 0 Å². The number of hydrogen-bond donors (Lipinski definition) is 1. The van der Waals surface area contributed by atoms with Gasteiger partial charge < -0.3 is 0 Å². The third-order valence-electron chi connectivity index (χ3n) is 3.55. The van der Waals surface area contributed by atoms with Gasteiger partial charge in [0.1, 0.15) is 0 Å². The molecule has 1 fully saturated rings. The predicted octanol–water partition coefficient (Wildman–Crippen LogP) is 3.13. The van der Waals surface area contributed by atoms with Crippen LogP contribution in [0.5, 0.6) is 0 Å². The van der Waals surface area contributed by atoms with Crippen molar-refractivity contribution < 1.29 is 4.79 Å². The molecule has 2 atom stereocenters. The normalized spacial score (nSPS) is 26.8. The fraction of sp³-hybridized carbons (Fsp3) is 0.286. The molecule has 0 aliphatic heterocycles. The van der Waals surface area contributed by atoms with Gasteiger partial charge in [-0.05, 0) is 43.0 Å². The predicted molar refractivity (Wildman–Crippen MR) is 74.4 cm³/mol. The molecule has 0 aromatic heterocycles. The summed E-state index contributed by atoms with van der Waals surface area (Å²) < 4.78 is 0.961. The lowest BCUT2D eigenvalue weighted by Crippen LogP contribution is -2.35. The third-order valence-corrected chi connectivity index (χ3v) is 4.08. The summed E-state index contributed by atoms with van der Waals surface area (Å²) in [6, 6.07) is 7.25. The Morgan fingerprint density at radius 1 is 1.33 bits per heavy atom. The van der Waals surface area contributed by atoms with Crippen LogP contribution in [0.4, 0.5) is 0 Å². The number of hydrazone groups is 1. The third kappa shape index (κ3) is 2.12. The van der Waals surface area contributed by atoms with E-state index in [4.69, 9.17) is 0 Å². The summed E-state index contributed by atoms with van der Waals surface area (Å²) in [7, 11) is 0. The number of nitrogens with one attached hydrogen (secondary N) is 1. The van der Waals surface area contributed by atoms with Gasteiger partial charge in [-0.3, -0.25) is 4.79 Å². The van der Waals surface area contributed by atoms with Crippen molar-refractivity contribution in [2.24, 2.45) is 16.9 Å². The first-order valence-electron chi connectivity index (χ1n) is 6.03. The van der Waals surface area contributed by atoms with Crippen LogP contribution in [0.3, 0.4) is 0 Å². The molecule has 1 aromatic carbocycles. The number of carbonyl (C=O) groups excluding carboxylic acids is 1. The van der Waals surface area contributed by atoms with Crippen molar-refractivity contribution in [3.05, 3.63) is 46.5 Å². The van der Waals surface area contributed by atoms with E-state index in [-0.39, 0.29) is 5.91 Å². The fourth-order valence-electron chi connectivity index (χ4n) is 2.45. The van der Waals surface area contributed by atoms with Gasteiger partial charge in [0.05, 0.1) is 0 Å². The minimum Gasteiger partial charge on any atom is -0.267 e. The van der Waals surface area contributed by atoms with Gasteiger partial charge in [0.25, 0.3) is 5.91 Å². The molecule has 2 unspecified atom stereocenters. The van der Waals surface area contributed by atoms with Crippen LogP contribution in [0, 0.1) is 11.8 Å². The first-order chi connectivity index (χ1) is 8.74. The molecule has 1 saturated carbocycles. The lowest BCUT2D eigenvalue weighted by atomic mass is 9.74. The molecule has 0 saturated heterocycles. The zero-order valence-corrected chi connectivity index (χ0v) is 11.4. The quantitative estimate of drug-likeness (QED) is 0.662. The second-order valence-electron chi connectivity index (χ2n) is 4.70. The number of fused-ring (bicyclic) bond motifs is 1.